The Hall–Kier alpha value is 0.210. The zero-order valence-corrected chi connectivity index (χ0v) is 15.8. The number of aliphatic carboxylic acids is 1. The van der Waals surface area contributed by atoms with Crippen LogP contribution in [0.4, 0.5) is 0 Å². The van der Waals surface area contributed by atoms with E-state index in [2.05, 4.69) is 44.2 Å². The van der Waals surface area contributed by atoms with Gasteiger partial charge in [-0.3, -0.25) is 9.59 Å². The van der Waals surface area contributed by atoms with Crippen LogP contribution >= 0.6 is 44.2 Å². The van der Waals surface area contributed by atoms with Crippen LogP contribution in [-0.2, 0) is 14.4 Å². The fourth-order valence-corrected chi connectivity index (χ4v) is 0. The molecule has 0 amide bonds. The van der Waals surface area contributed by atoms with E-state index in [9.17, 15) is 9.59 Å². The van der Waals surface area contributed by atoms with Gasteiger partial charge in [0.2, 0.25) is 0 Å². The van der Waals surface area contributed by atoms with Crippen LogP contribution in [0.1, 0.15) is 55.9 Å². The summed E-state index contributed by atoms with van der Waals surface area (Å²) in [5, 5.41) is 7.42. The van der Waals surface area contributed by atoms with Crippen molar-refractivity contribution in [2.75, 3.05) is 0 Å². The third-order valence-corrected chi connectivity index (χ3v) is 1.70. The molecule has 0 heterocycles. The standard InChI is InChI=1S/C4H7BrO.C4H8O.C2H4O2.2CH4.Br2.H2O/c1-3(5)4(2)6;1-3-4(2)5;1-2(3)4;;;1-2;/h3H,1-2H3;3H2,1-2H3;1H3,(H,3,4);2*1H4;;1H2. The molecule has 0 aromatic carbocycles. The summed E-state index contributed by atoms with van der Waals surface area (Å²) in [6, 6.07) is 0. The lowest BCUT2D eigenvalue weighted by Gasteiger charge is -1.88. The van der Waals surface area contributed by atoms with Crippen LogP contribution in [0, 0.1) is 0 Å². The maximum absolute atomic E-state index is 10.1. The van der Waals surface area contributed by atoms with Crippen molar-refractivity contribution in [2.24, 2.45) is 0 Å². The summed E-state index contributed by atoms with van der Waals surface area (Å²) in [4.78, 5) is 28.9. The lowest BCUT2D eigenvalue weighted by Crippen LogP contribution is -2.01. The summed E-state index contributed by atoms with van der Waals surface area (Å²) in [5.74, 6) is -0.403. The molecule has 0 aliphatic heterocycles. The molecule has 0 aromatic heterocycles. The number of carboxylic acids is 1. The van der Waals surface area contributed by atoms with E-state index >= 15 is 0 Å². The molecular formula is C12H29Br3O5. The Morgan fingerprint density at radius 2 is 1.15 bits per heavy atom. The van der Waals surface area contributed by atoms with Crippen LogP contribution in [0.15, 0.2) is 0 Å². The first-order valence-corrected chi connectivity index (χ1v) is 9.25. The van der Waals surface area contributed by atoms with Gasteiger partial charge in [-0.15, -0.1) is 0 Å². The molecule has 0 aliphatic rings. The summed E-state index contributed by atoms with van der Waals surface area (Å²) in [6.45, 7) is 7.88. The molecule has 0 saturated heterocycles. The highest BCUT2D eigenvalue weighted by molar-refractivity contribution is 9.93. The number of ketones is 2. The number of carboxylic acid groups (broad SMARTS) is 1. The summed E-state index contributed by atoms with van der Waals surface area (Å²) >= 11 is 8.59. The van der Waals surface area contributed by atoms with Crippen LogP contribution < -0.4 is 0 Å². The van der Waals surface area contributed by atoms with Crippen LogP contribution in [-0.4, -0.2) is 32.9 Å². The molecule has 0 aliphatic carbocycles. The monoisotopic (exact) mass is 490 g/mol. The molecule has 5 nitrogen and oxygen atoms in total. The van der Waals surface area contributed by atoms with Gasteiger partial charge in [-0.2, -0.15) is 0 Å². The lowest BCUT2D eigenvalue weighted by molar-refractivity contribution is -0.134. The summed E-state index contributed by atoms with van der Waals surface area (Å²) in [5.41, 5.74) is 0. The highest BCUT2D eigenvalue weighted by Crippen LogP contribution is 1.95. The molecule has 0 radical (unpaired) electrons. The van der Waals surface area contributed by atoms with Crippen molar-refractivity contribution >= 4 is 61.7 Å². The van der Waals surface area contributed by atoms with E-state index in [1.165, 1.54) is 0 Å². The Morgan fingerprint density at radius 3 is 1.15 bits per heavy atom. The molecule has 3 N–H and O–H groups in total. The first kappa shape index (κ1) is 42.7. The molecule has 1 unspecified atom stereocenters. The van der Waals surface area contributed by atoms with Crippen molar-refractivity contribution < 1.29 is 25.0 Å². The minimum atomic E-state index is -0.833. The molecule has 128 valence electrons. The number of carbonyl (C=O) groups excluding carboxylic acids is 2. The van der Waals surface area contributed by atoms with E-state index < -0.39 is 5.97 Å². The second-order valence-electron chi connectivity index (χ2n) is 2.80. The maximum Gasteiger partial charge on any atom is 0.300 e. The van der Waals surface area contributed by atoms with Crippen LogP contribution in [0.25, 0.3) is 0 Å². The number of Topliss-reactive ketones (excluding diaryl/α,β-unsaturated/α-hetero) is 2. The van der Waals surface area contributed by atoms with E-state index in [0.717, 1.165) is 6.92 Å². The van der Waals surface area contributed by atoms with Crippen LogP contribution in [0.3, 0.4) is 0 Å². The number of carbonyl (C=O) groups is 3. The van der Waals surface area contributed by atoms with Gasteiger partial charge in [-0.05, 0) is 20.8 Å². The Bertz CT molecular complexity index is 205. The normalized spacial score (nSPS) is 7.60. The molecule has 0 bridgehead atoms. The van der Waals surface area contributed by atoms with Crippen molar-refractivity contribution in [3.8, 4) is 0 Å². The largest absolute Gasteiger partial charge is 0.481 e. The Balaban J connectivity index is -0.0000000225. The fraction of sp³-hybridized carbons (Fsp3) is 0.750. The molecule has 0 spiro atoms. The van der Waals surface area contributed by atoms with E-state index in [-0.39, 0.29) is 36.7 Å². The summed E-state index contributed by atoms with van der Waals surface area (Å²) < 4.78 is 0. The zero-order valence-electron chi connectivity index (χ0n) is 11.1. The number of alkyl halides is 1. The molecular weight excluding hydrogens is 464 g/mol. The molecule has 1 atom stereocenters. The van der Waals surface area contributed by atoms with Crippen molar-refractivity contribution in [2.45, 2.75) is 60.7 Å². The molecule has 0 saturated carbocycles. The maximum atomic E-state index is 10.1. The van der Waals surface area contributed by atoms with Crippen LogP contribution in [0.5, 0.6) is 0 Å². The van der Waals surface area contributed by atoms with Crippen LogP contribution in [0.2, 0.25) is 0 Å². The average Bonchev–Trinajstić information content (AvgIpc) is 2.20. The van der Waals surface area contributed by atoms with Gasteiger partial charge in [0.1, 0.15) is 11.6 Å². The first-order valence-electron chi connectivity index (χ1n) is 4.62. The lowest BCUT2D eigenvalue weighted by atomic mass is 10.4. The Morgan fingerprint density at radius 1 is 1.05 bits per heavy atom. The van der Waals surface area contributed by atoms with Gasteiger partial charge >= 0.3 is 0 Å². The van der Waals surface area contributed by atoms with Gasteiger partial charge in [0.15, 0.2) is 0 Å². The Kier molecular flexibility index (Phi) is 78.0. The number of rotatable bonds is 2. The minimum Gasteiger partial charge on any atom is -0.481 e. The molecule has 0 fully saturated rings. The van der Waals surface area contributed by atoms with Gasteiger partial charge in [0.05, 0.1) is 4.83 Å². The van der Waals surface area contributed by atoms with E-state index in [4.69, 9.17) is 9.90 Å². The first-order chi connectivity index (χ1) is 7.64. The van der Waals surface area contributed by atoms with Gasteiger partial charge in [-0.25, -0.2) is 0 Å². The van der Waals surface area contributed by atoms with Crippen molar-refractivity contribution in [3.63, 3.8) is 0 Å². The fourth-order valence-electron chi connectivity index (χ4n) is 0. The van der Waals surface area contributed by atoms with Crippen molar-refractivity contribution in [1.82, 2.24) is 0 Å². The highest BCUT2D eigenvalue weighted by Gasteiger charge is 1.97. The molecule has 8 heteroatoms. The third kappa shape index (κ3) is 140. The topological polar surface area (TPSA) is 103 Å². The Labute approximate surface area is 147 Å². The second-order valence-corrected chi connectivity index (χ2v) is 4.17. The summed E-state index contributed by atoms with van der Waals surface area (Å²) in [7, 11) is 0. The summed E-state index contributed by atoms with van der Waals surface area (Å²) in [6.07, 6.45) is 0.667. The molecule has 0 rings (SSSR count). The predicted molar refractivity (Wildman–Crippen MR) is 98.3 cm³/mol. The minimum absolute atomic E-state index is 0. The van der Waals surface area contributed by atoms with Gasteiger partial charge < -0.3 is 15.4 Å². The van der Waals surface area contributed by atoms with E-state index in [0.29, 0.717) is 6.42 Å². The zero-order chi connectivity index (χ0) is 15.0. The highest BCUT2D eigenvalue weighted by atomic mass is 80.9. The van der Waals surface area contributed by atoms with Gasteiger partial charge in [0.25, 0.3) is 5.97 Å². The van der Waals surface area contributed by atoms with E-state index in [1.54, 1.807) is 13.8 Å². The number of halogens is 3. The van der Waals surface area contributed by atoms with Gasteiger partial charge in [0, 0.05) is 41.6 Å². The molecule has 0 aromatic rings. The number of hydrogen-bond acceptors (Lipinski definition) is 3. The van der Waals surface area contributed by atoms with E-state index in [1.807, 2.05) is 13.8 Å². The van der Waals surface area contributed by atoms with Gasteiger partial charge in [-0.1, -0.05) is 37.7 Å². The van der Waals surface area contributed by atoms with Crippen molar-refractivity contribution in [3.05, 3.63) is 0 Å². The SMILES string of the molecule is BrBr.C.C.CC(=O)C(C)Br.CC(=O)O.CCC(C)=O.O. The third-order valence-electron chi connectivity index (χ3n) is 1.06. The molecule has 20 heavy (non-hydrogen) atoms. The number of hydrogen-bond donors (Lipinski definition) is 1. The predicted octanol–water partition coefficient (Wildman–Crippen LogP) is 4.57. The second kappa shape index (κ2) is 36.5. The van der Waals surface area contributed by atoms with Crippen molar-refractivity contribution in [1.29, 1.82) is 0 Å². The quantitative estimate of drug-likeness (QED) is 0.570. The average molecular weight is 493 g/mol. The smallest absolute Gasteiger partial charge is 0.300 e.